The summed E-state index contributed by atoms with van der Waals surface area (Å²) in [6.07, 6.45) is -3.23. The minimum absolute atomic E-state index is 0.136. The van der Waals surface area contributed by atoms with Gasteiger partial charge in [-0.25, -0.2) is 18.1 Å². The summed E-state index contributed by atoms with van der Waals surface area (Å²) in [4.78, 5) is 4.54. The van der Waals surface area contributed by atoms with E-state index in [9.17, 15) is 21.6 Å². The number of hydrogen-bond donors (Lipinski definition) is 1. The van der Waals surface area contributed by atoms with Crippen molar-refractivity contribution in [3.05, 3.63) is 40.9 Å². The molecule has 0 amide bonds. The van der Waals surface area contributed by atoms with E-state index in [1.165, 1.54) is 24.4 Å². The maximum absolute atomic E-state index is 12.2. The van der Waals surface area contributed by atoms with Crippen molar-refractivity contribution in [1.29, 1.82) is 0 Å². The Bertz CT molecular complexity index is 773. The summed E-state index contributed by atoms with van der Waals surface area (Å²) in [5, 5.41) is 0. The Morgan fingerprint density at radius 3 is 2.65 bits per heavy atom. The lowest BCUT2D eigenvalue weighted by atomic mass is 10.3. The fourth-order valence-corrected chi connectivity index (χ4v) is 3.97. The van der Waals surface area contributed by atoms with Crippen molar-refractivity contribution in [2.75, 3.05) is 6.61 Å². The maximum atomic E-state index is 12.2. The maximum Gasteiger partial charge on any atom is 0.422 e. The molecule has 2 rings (SSSR count). The smallest absolute Gasteiger partial charge is 0.422 e. The highest BCUT2D eigenvalue weighted by molar-refractivity contribution is 7.91. The summed E-state index contributed by atoms with van der Waals surface area (Å²) >= 11 is 1.10. The van der Waals surface area contributed by atoms with E-state index in [-0.39, 0.29) is 22.2 Å². The molecule has 0 aliphatic rings. The van der Waals surface area contributed by atoms with Crippen molar-refractivity contribution in [1.82, 2.24) is 9.71 Å². The summed E-state index contributed by atoms with van der Waals surface area (Å²) in [5.41, 5.74) is 0.216. The van der Waals surface area contributed by atoms with Gasteiger partial charge >= 0.3 is 6.18 Å². The van der Waals surface area contributed by atoms with Crippen LogP contribution in [0.3, 0.4) is 0 Å². The largest absolute Gasteiger partial charge is 0.468 e. The van der Waals surface area contributed by atoms with Gasteiger partial charge in [-0.3, -0.25) is 0 Å². The van der Waals surface area contributed by atoms with Gasteiger partial charge < -0.3 is 4.74 Å². The van der Waals surface area contributed by atoms with E-state index < -0.39 is 22.8 Å². The molecule has 2 heterocycles. The van der Waals surface area contributed by atoms with Crippen molar-refractivity contribution >= 4 is 21.4 Å². The molecule has 2 aromatic heterocycles. The van der Waals surface area contributed by atoms with Gasteiger partial charge in [-0.05, 0) is 25.1 Å². The van der Waals surface area contributed by atoms with Crippen LogP contribution in [-0.4, -0.2) is 26.2 Å². The van der Waals surface area contributed by atoms with Crippen LogP contribution in [0.4, 0.5) is 13.2 Å². The molecule has 0 aliphatic heterocycles. The van der Waals surface area contributed by atoms with Gasteiger partial charge in [0.05, 0.1) is 0 Å². The number of nitrogens with one attached hydrogen (secondary N) is 1. The second-order valence-electron chi connectivity index (χ2n) is 4.56. The van der Waals surface area contributed by atoms with Crippen LogP contribution in [0.2, 0.25) is 0 Å². The molecule has 0 unspecified atom stereocenters. The third kappa shape index (κ3) is 5.19. The van der Waals surface area contributed by atoms with Crippen molar-refractivity contribution < 1.29 is 26.3 Å². The molecule has 23 heavy (non-hydrogen) atoms. The van der Waals surface area contributed by atoms with Crippen LogP contribution in [-0.2, 0) is 16.6 Å². The Hall–Kier alpha value is -1.65. The highest BCUT2D eigenvalue weighted by Crippen LogP contribution is 2.22. The third-order valence-corrected chi connectivity index (χ3v) is 5.55. The van der Waals surface area contributed by atoms with Crippen LogP contribution in [0.15, 0.2) is 34.7 Å². The predicted octanol–water partition coefficient (Wildman–Crippen LogP) is 2.87. The van der Waals surface area contributed by atoms with Gasteiger partial charge in [-0.15, -0.1) is 11.3 Å². The van der Waals surface area contributed by atoms with E-state index in [4.69, 9.17) is 0 Å². The molecule has 0 radical (unpaired) electrons. The van der Waals surface area contributed by atoms with Crippen LogP contribution in [0.5, 0.6) is 5.88 Å². The number of sulfonamides is 1. The summed E-state index contributed by atoms with van der Waals surface area (Å²) in [6.45, 7) is 0.0576. The zero-order valence-electron chi connectivity index (χ0n) is 11.9. The van der Waals surface area contributed by atoms with Crippen LogP contribution >= 0.6 is 11.3 Å². The topological polar surface area (TPSA) is 68.3 Å². The van der Waals surface area contributed by atoms with E-state index in [0.717, 1.165) is 16.2 Å². The highest BCUT2D eigenvalue weighted by Gasteiger charge is 2.29. The molecular formula is C13H13F3N2O3S2. The van der Waals surface area contributed by atoms with Crippen molar-refractivity contribution in [2.45, 2.75) is 23.9 Å². The molecule has 2 aromatic rings. The predicted molar refractivity (Wildman–Crippen MR) is 78.9 cm³/mol. The number of aryl methyl sites for hydroxylation is 1. The quantitative estimate of drug-likeness (QED) is 0.854. The monoisotopic (exact) mass is 366 g/mol. The number of rotatable bonds is 6. The molecule has 0 saturated heterocycles. The lowest BCUT2D eigenvalue weighted by molar-refractivity contribution is -0.154. The zero-order valence-corrected chi connectivity index (χ0v) is 13.6. The van der Waals surface area contributed by atoms with Crippen molar-refractivity contribution in [3.8, 4) is 5.88 Å². The van der Waals surface area contributed by atoms with Crippen molar-refractivity contribution in [3.63, 3.8) is 0 Å². The van der Waals surface area contributed by atoms with E-state index in [1.807, 2.05) is 0 Å². The number of thiophene rings is 1. The first-order chi connectivity index (χ1) is 10.7. The first-order valence-electron chi connectivity index (χ1n) is 6.37. The number of aromatic nitrogens is 1. The third-order valence-electron chi connectivity index (χ3n) is 2.66. The van der Waals surface area contributed by atoms with Gasteiger partial charge in [0.15, 0.2) is 6.61 Å². The van der Waals surface area contributed by atoms with Crippen LogP contribution in [0, 0.1) is 6.92 Å². The molecule has 0 bridgehead atoms. The standard InChI is InChI=1S/C13H13F3N2O3S2/c1-9-4-5-11(22-9)23(19,20)18-7-10-3-2-6-17-12(10)21-8-13(14,15)16/h2-6,18H,7-8H2,1H3. The number of halogens is 3. The average Bonchev–Trinajstić information content (AvgIpc) is 2.90. The second kappa shape index (κ2) is 6.85. The number of hydrogen-bond acceptors (Lipinski definition) is 5. The fourth-order valence-electron chi connectivity index (χ4n) is 1.64. The minimum Gasteiger partial charge on any atom is -0.468 e. The van der Waals surface area contributed by atoms with Gasteiger partial charge in [0, 0.05) is 23.2 Å². The normalized spacial score (nSPS) is 12.3. The van der Waals surface area contributed by atoms with Gasteiger partial charge in [-0.1, -0.05) is 6.07 Å². The highest BCUT2D eigenvalue weighted by atomic mass is 32.2. The summed E-state index contributed by atoms with van der Waals surface area (Å²) < 4.78 is 67.9. The Morgan fingerprint density at radius 2 is 2.04 bits per heavy atom. The number of alkyl halides is 3. The Morgan fingerprint density at radius 1 is 1.30 bits per heavy atom. The molecule has 0 aromatic carbocycles. The molecule has 126 valence electrons. The molecule has 0 aliphatic carbocycles. The molecule has 0 fully saturated rings. The van der Waals surface area contributed by atoms with Gasteiger partial charge in [0.25, 0.3) is 0 Å². The average molecular weight is 366 g/mol. The molecule has 0 saturated carbocycles. The lowest BCUT2D eigenvalue weighted by Gasteiger charge is -2.12. The number of nitrogens with zero attached hydrogens (tertiary/aromatic N) is 1. The zero-order chi connectivity index (χ0) is 17.1. The first kappa shape index (κ1) is 17.7. The SMILES string of the molecule is Cc1ccc(S(=O)(=O)NCc2cccnc2OCC(F)(F)F)s1. The Balaban J connectivity index is 2.09. The molecule has 10 heteroatoms. The van der Waals surface area contributed by atoms with E-state index in [1.54, 1.807) is 13.0 Å². The van der Waals surface area contributed by atoms with E-state index in [0.29, 0.717) is 0 Å². The van der Waals surface area contributed by atoms with Crippen LogP contribution in [0.1, 0.15) is 10.4 Å². The summed E-state index contributed by atoms with van der Waals surface area (Å²) in [7, 11) is -3.73. The molecule has 1 N–H and O–H groups in total. The second-order valence-corrected chi connectivity index (χ2v) is 7.84. The van der Waals surface area contributed by atoms with Crippen LogP contribution < -0.4 is 9.46 Å². The van der Waals surface area contributed by atoms with Crippen LogP contribution in [0.25, 0.3) is 0 Å². The number of pyridine rings is 1. The lowest BCUT2D eigenvalue weighted by Crippen LogP contribution is -2.24. The Labute approximate surface area is 135 Å². The first-order valence-corrected chi connectivity index (χ1v) is 8.67. The van der Waals surface area contributed by atoms with E-state index >= 15 is 0 Å². The number of ether oxygens (including phenoxy) is 1. The fraction of sp³-hybridized carbons (Fsp3) is 0.308. The molecule has 0 atom stereocenters. The minimum atomic E-state index is -4.50. The van der Waals surface area contributed by atoms with Crippen molar-refractivity contribution in [2.24, 2.45) is 0 Å². The summed E-state index contributed by atoms with van der Waals surface area (Å²) in [5.74, 6) is -0.255. The van der Waals surface area contributed by atoms with Gasteiger partial charge in [0.1, 0.15) is 4.21 Å². The molecular weight excluding hydrogens is 353 g/mol. The Kier molecular flexibility index (Phi) is 5.27. The van der Waals surface area contributed by atoms with Gasteiger partial charge in [-0.2, -0.15) is 13.2 Å². The molecule has 0 spiro atoms. The molecule has 5 nitrogen and oxygen atoms in total. The van der Waals surface area contributed by atoms with Gasteiger partial charge in [0.2, 0.25) is 15.9 Å². The summed E-state index contributed by atoms with van der Waals surface area (Å²) in [6, 6.07) is 6.06. The van der Waals surface area contributed by atoms with E-state index in [2.05, 4.69) is 14.4 Å².